The van der Waals surface area contributed by atoms with Gasteiger partial charge in [0.25, 0.3) is 0 Å². The van der Waals surface area contributed by atoms with E-state index in [9.17, 15) is 9.18 Å². The highest BCUT2D eigenvalue weighted by Crippen LogP contribution is 2.11. The molecule has 0 aliphatic rings. The Morgan fingerprint density at radius 1 is 1.50 bits per heavy atom. The molecule has 1 amide bonds. The summed E-state index contributed by atoms with van der Waals surface area (Å²) in [5, 5.41) is 11.7. The Labute approximate surface area is 106 Å². The van der Waals surface area contributed by atoms with Crippen molar-refractivity contribution < 1.29 is 14.3 Å². The van der Waals surface area contributed by atoms with Crippen LogP contribution in [0.15, 0.2) is 30.3 Å². The third kappa shape index (κ3) is 5.10. The Hall–Kier alpha value is -1.68. The van der Waals surface area contributed by atoms with Gasteiger partial charge < -0.3 is 10.4 Å². The maximum absolute atomic E-state index is 12.9. The third-order valence-corrected chi connectivity index (χ3v) is 2.45. The van der Waals surface area contributed by atoms with Crippen molar-refractivity contribution in [2.75, 3.05) is 13.2 Å². The van der Waals surface area contributed by atoms with Gasteiger partial charge in [-0.3, -0.25) is 4.79 Å². The highest BCUT2D eigenvalue weighted by molar-refractivity contribution is 5.91. The summed E-state index contributed by atoms with van der Waals surface area (Å²) in [5.74, 6) is -0.597. The van der Waals surface area contributed by atoms with E-state index in [1.54, 1.807) is 18.2 Å². The maximum atomic E-state index is 12.9. The highest BCUT2D eigenvalue weighted by Gasteiger charge is 2.16. The fraction of sp³-hybridized carbons (Fsp3) is 0.357. The molecule has 3 nitrogen and oxygen atoms in total. The lowest BCUT2D eigenvalue weighted by Gasteiger charge is -2.21. The highest BCUT2D eigenvalue weighted by atomic mass is 19.1. The van der Waals surface area contributed by atoms with Crippen molar-refractivity contribution in [3.05, 3.63) is 41.7 Å². The summed E-state index contributed by atoms with van der Waals surface area (Å²) in [6, 6.07) is 5.99. The minimum atomic E-state index is -0.345. The van der Waals surface area contributed by atoms with Crippen molar-refractivity contribution in [3.63, 3.8) is 0 Å². The average Bonchev–Trinajstić information content (AvgIpc) is 2.34. The lowest BCUT2D eigenvalue weighted by atomic mass is 9.95. The van der Waals surface area contributed by atoms with Crippen molar-refractivity contribution in [1.82, 2.24) is 5.32 Å². The molecule has 0 saturated heterocycles. The van der Waals surface area contributed by atoms with Gasteiger partial charge in [0.15, 0.2) is 0 Å². The second kappa shape index (κ2) is 6.31. The van der Waals surface area contributed by atoms with Crippen molar-refractivity contribution in [1.29, 1.82) is 0 Å². The van der Waals surface area contributed by atoms with E-state index in [0.717, 1.165) is 0 Å². The Morgan fingerprint density at radius 3 is 2.83 bits per heavy atom. The van der Waals surface area contributed by atoms with Gasteiger partial charge in [-0.2, -0.15) is 0 Å². The minimum absolute atomic E-state index is 0.000884. The molecule has 0 bridgehead atoms. The molecule has 0 aliphatic heterocycles. The van der Waals surface area contributed by atoms with Crippen LogP contribution < -0.4 is 5.32 Å². The first kappa shape index (κ1) is 14.4. The summed E-state index contributed by atoms with van der Waals surface area (Å²) in [4.78, 5) is 11.5. The average molecular weight is 251 g/mol. The first-order valence-electron chi connectivity index (χ1n) is 5.75. The summed E-state index contributed by atoms with van der Waals surface area (Å²) in [6.07, 6.45) is 2.90. The van der Waals surface area contributed by atoms with E-state index in [0.29, 0.717) is 12.1 Å². The van der Waals surface area contributed by atoms with Gasteiger partial charge in [-0.15, -0.1) is 0 Å². The number of carbonyl (C=O) groups excluding carboxylic acids is 1. The Bertz CT molecular complexity index is 441. The molecule has 98 valence electrons. The van der Waals surface area contributed by atoms with Crippen molar-refractivity contribution in [3.8, 4) is 0 Å². The van der Waals surface area contributed by atoms with Crippen LogP contribution in [-0.2, 0) is 4.79 Å². The van der Waals surface area contributed by atoms with E-state index < -0.39 is 0 Å². The lowest BCUT2D eigenvalue weighted by molar-refractivity contribution is -0.116. The summed E-state index contributed by atoms with van der Waals surface area (Å²) >= 11 is 0. The van der Waals surface area contributed by atoms with Crippen molar-refractivity contribution in [2.24, 2.45) is 5.41 Å². The Balaban J connectivity index is 2.50. The van der Waals surface area contributed by atoms with Gasteiger partial charge in [0.05, 0.1) is 0 Å². The number of aliphatic hydroxyl groups excluding tert-OH is 1. The molecule has 0 heterocycles. The smallest absolute Gasteiger partial charge is 0.244 e. The van der Waals surface area contributed by atoms with Crippen LogP contribution in [0.3, 0.4) is 0 Å². The number of halogens is 1. The molecule has 18 heavy (non-hydrogen) atoms. The first-order chi connectivity index (χ1) is 8.43. The Morgan fingerprint density at radius 2 is 2.22 bits per heavy atom. The molecule has 4 heteroatoms. The van der Waals surface area contributed by atoms with Gasteiger partial charge in [0, 0.05) is 24.6 Å². The number of nitrogens with one attached hydrogen (secondary N) is 1. The lowest BCUT2D eigenvalue weighted by Crippen LogP contribution is -2.35. The van der Waals surface area contributed by atoms with E-state index in [4.69, 9.17) is 5.11 Å². The van der Waals surface area contributed by atoms with E-state index in [-0.39, 0.29) is 23.7 Å². The number of hydrogen-bond acceptors (Lipinski definition) is 2. The van der Waals surface area contributed by atoms with Gasteiger partial charge in [-0.1, -0.05) is 26.0 Å². The van der Waals surface area contributed by atoms with Crippen molar-refractivity contribution >= 4 is 12.0 Å². The molecule has 2 N–H and O–H groups in total. The summed E-state index contributed by atoms with van der Waals surface area (Å²) in [7, 11) is 0. The summed E-state index contributed by atoms with van der Waals surface area (Å²) in [5.41, 5.74) is 0.286. The van der Waals surface area contributed by atoms with E-state index in [1.165, 1.54) is 18.2 Å². The standard InChI is InChI=1S/C14H18FNO2/c1-14(2,10-17)9-16-13(18)7-6-11-4-3-5-12(15)8-11/h3-8,17H,9-10H2,1-2H3,(H,16,18)/b7-6+. The minimum Gasteiger partial charge on any atom is -0.396 e. The molecule has 0 unspecified atom stereocenters. The molecule has 1 aromatic rings. The molecule has 0 aliphatic carbocycles. The maximum Gasteiger partial charge on any atom is 0.244 e. The largest absolute Gasteiger partial charge is 0.396 e. The third-order valence-electron chi connectivity index (χ3n) is 2.45. The molecule has 0 spiro atoms. The second-order valence-electron chi connectivity index (χ2n) is 4.93. The number of benzene rings is 1. The van der Waals surface area contributed by atoms with E-state index in [2.05, 4.69) is 5.32 Å². The number of carbonyl (C=O) groups is 1. The molecular formula is C14H18FNO2. The molecule has 0 radical (unpaired) electrons. The van der Waals surface area contributed by atoms with Crippen LogP contribution in [0.1, 0.15) is 19.4 Å². The molecule has 1 rings (SSSR count). The van der Waals surface area contributed by atoms with E-state index >= 15 is 0 Å². The fourth-order valence-electron chi connectivity index (χ4n) is 1.22. The summed E-state index contributed by atoms with van der Waals surface area (Å²) in [6.45, 7) is 4.09. The topological polar surface area (TPSA) is 49.3 Å². The zero-order chi connectivity index (χ0) is 13.6. The fourth-order valence-corrected chi connectivity index (χ4v) is 1.22. The van der Waals surface area contributed by atoms with Crippen LogP contribution in [0.2, 0.25) is 0 Å². The molecule has 0 atom stereocenters. The van der Waals surface area contributed by atoms with Crippen LogP contribution in [-0.4, -0.2) is 24.2 Å². The molecule has 1 aromatic carbocycles. The number of hydrogen-bond donors (Lipinski definition) is 2. The first-order valence-corrected chi connectivity index (χ1v) is 5.75. The summed E-state index contributed by atoms with van der Waals surface area (Å²) < 4.78 is 12.9. The number of rotatable bonds is 5. The van der Waals surface area contributed by atoms with Crippen LogP contribution >= 0.6 is 0 Å². The Kier molecular flexibility index (Phi) is 5.04. The molecule has 0 aromatic heterocycles. The van der Waals surface area contributed by atoms with Gasteiger partial charge in [-0.05, 0) is 23.8 Å². The zero-order valence-electron chi connectivity index (χ0n) is 10.6. The van der Waals surface area contributed by atoms with E-state index in [1.807, 2.05) is 13.8 Å². The molecular weight excluding hydrogens is 233 g/mol. The number of amides is 1. The van der Waals surface area contributed by atoms with Gasteiger partial charge in [0.2, 0.25) is 5.91 Å². The van der Waals surface area contributed by atoms with Crippen LogP contribution in [0.25, 0.3) is 6.08 Å². The van der Waals surface area contributed by atoms with Gasteiger partial charge in [0.1, 0.15) is 5.82 Å². The molecule has 0 fully saturated rings. The van der Waals surface area contributed by atoms with Crippen LogP contribution in [0.4, 0.5) is 4.39 Å². The SMILES string of the molecule is CC(C)(CO)CNC(=O)/C=C/c1cccc(F)c1. The monoisotopic (exact) mass is 251 g/mol. The van der Waals surface area contributed by atoms with Crippen LogP contribution in [0, 0.1) is 11.2 Å². The molecule has 0 saturated carbocycles. The normalized spacial score (nSPS) is 11.8. The van der Waals surface area contributed by atoms with Gasteiger partial charge >= 0.3 is 0 Å². The number of aliphatic hydroxyl groups is 1. The predicted octanol–water partition coefficient (Wildman–Crippen LogP) is 1.97. The zero-order valence-corrected chi connectivity index (χ0v) is 10.6. The van der Waals surface area contributed by atoms with Crippen LogP contribution in [0.5, 0.6) is 0 Å². The predicted molar refractivity (Wildman–Crippen MR) is 69.3 cm³/mol. The quantitative estimate of drug-likeness (QED) is 0.786. The van der Waals surface area contributed by atoms with Crippen molar-refractivity contribution in [2.45, 2.75) is 13.8 Å². The second-order valence-corrected chi connectivity index (χ2v) is 4.93. The van der Waals surface area contributed by atoms with Gasteiger partial charge in [-0.25, -0.2) is 4.39 Å².